The molecule has 2 aromatic carbocycles. The van der Waals surface area contributed by atoms with E-state index in [0.717, 1.165) is 15.6 Å². The number of nitrogens with one attached hydrogen (secondary N) is 1. The van der Waals surface area contributed by atoms with Gasteiger partial charge < -0.3 is 0 Å². The lowest BCUT2D eigenvalue weighted by molar-refractivity contribution is 0.0955. The number of rotatable bonds is 3. The van der Waals surface area contributed by atoms with E-state index in [2.05, 4.69) is 26.5 Å². The summed E-state index contributed by atoms with van der Waals surface area (Å²) in [4.78, 5) is 12.0. The molecule has 0 fully saturated rings. The number of aryl methyl sites for hydroxylation is 1. The third-order valence-corrected chi connectivity index (χ3v) is 4.13. The lowest BCUT2D eigenvalue weighted by Gasteiger charge is -2.05. The summed E-state index contributed by atoms with van der Waals surface area (Å²) < 4.78 is 0.897. The standard InChI is InChI=1S/C16H14BrClN2O/c1-10-3-4-13(9-15(10)17)16(21)20-19-11(2)12-5-7-14(18)8-6-12/h3-9H,1-2H3,(H,20,21). The fraction of sp³-hybridized carbons (Fsp3) is 0.125. The number of hydrogen-bond donors (Lipinski definition) is 1. The molecule has 21 heavy (non-hydrogen) atoms. The second-order valence-corrected chi connectivity index (χ2v) is 5.90. The minimum atomic E-state index is -0.246. The number of carbonyl (C=O) groups is 1. The van der Waals surface area contributed by atoms with Crippen molar-refractivity contribution in [2.75, 3.05) is 0 Å². The summed E-state index contributed by atoms with van der Waals surface area (Å²) in [6.45, 7) is 3.79. The van der Waals surface area contributed by atoms with Crippen molar-refractivity contribution in [2.45, 2.75) is 13.8 Å². The van der Waals surface area contributed by atoms with E-state index in [1.165, 1.54) is 0 Å². The van der Waals surface area contributed by atoms with Crippen molar-refractivity contribution in [1.29, 1.82) is 0 Å². The van der Waals surface area contributed by atoms with Gasteiger partial charge in [0.15, 0.2) is 0 Å². The number of carbonyl (C=O) groups excluding carboxylic acids is 1. The van der Waals surface area contributed by atoms with Gasteiger partial charge in [-0.25, -0.2) is 5.43 Å². The first-order valence-electron chi connectivity index (χ1n) is 6.34. The summed E-state index contributed by atoms with van der Waals surface area (Å²) in [5.74, 6) is -0.246. The molecule has 0 heterocycles. The molecule has 0 radical (unpaired) electrons. The molecule has 2 rings (SSSR count). The Bertz CT molecular complexity index is 696. The second kappa shape index (κ2) is 6.87. The third kappa shape index (κ3) is 4.16. The molecule has 5 heteroatoms. The van der Waals surface area contributed by atoms with Gasteiger partial charge in [-0.2, -0.15) is 5.10 Å². The van der Waals surface area contributed by atoms with Gasteiger partial charge in [-0.05, 0) is 49.2 Å². The summed E-state index contributed by atoms with van der Waals surface area (Å²) in [6, 6.07) is 12.7. The first kappa shape index (κ1) is 15.7. The fourth-order valence-electron chi connectivity index (χ4n) is 1.69. The van der Waals surface area contributed by atoms with Crippen molar-refractivity contribution in [3.63, 3.8) is 0 Å². The summed E-state index contributed by atoms with van der Waals surface area (Å²) in [7, 11) is 0. The number of hydrazone groups is 1. The molecule has 3 nitrogen and oxygen atoms in total. The van der Waals surface area contributed by atoms with Crippen molar-refractivity contribution >= 4 is 39.1 Å². The number of halogens is 2. The molecule has 2 aromatic rings. The zero-order valence-corrected chi connectivity index (χ0v) is 14.0. The predicted molar refractivity (Wildman–Crippen MR) is 90.0 cm³/mol. The molecule has 0 saturated heterocycles. The average molecular weight is 366 g/mol. The highest BCUT2D eigenvalue weighted by molar-refractivity contribution is 9.10. The molecule has 1 amide bonds. The maximum Gasteiger partial charge on any atom is 0.271 e. The molecule has 0 spiro atoms. The van der Waals surface area contributed by atoms with Gasteiger partial charge in [-0.15, -0.1) is 0 Å². The molecule has 0 saturated carbocycles. The van der Waals surface area contributed by atoms with E-state index in [4.69, 9.17) is 11.6 Å². The van der Waals surface area contributed by atoms with Crippen LogP contribution < -0.4 is 5.43 Å². The van der Waals surface area contributed by atoms with E-state index in [9.17, 15) is 4.79 Å². The van der Waals surface area contributed by atoms with Crippen LogP contribution in [0.25, 0.3) is 0 Å². The number of hydrogen-bond acceptors (Lipinski definition) is 2. The minimum absolute atomic E-state index is 0.246. The fourth-order valence-corrected chi connectivity index (χ4v) is 2.19. The lowest BCUT2D eigenvalue weighted by atomic mass is 10.1. The van der Waals surface area contributed by atoms with Gasteiger partial charge in [0.2, 0.25) is 0 Å². The van der Waals surface area contributed by atoms with Crippen molar-refractivity contribution < 1.29 is 4.79 Å². The molecule has 1 N–H and O–H groups in total. The van der Waals surface area contributed by atoms with Gasteiger partial charge in [0.05, 0.1) is 5.71 Å². The average Bonchev–Trinajstić information content (AvgIpc) is 2.48. The van der Waals surface area contributed by atoms with Gasteiger partial charge in [0.1, 0.15) is 0 Å². The maximum absolute atomic E-state index is 12.0. The van der Waals surface area contributed by atoms with E-state index in [1.54, 1.807) is 24.3 Å². The van der Waals surface area contributed by atoms with Crippen molar-refractivity contribution in [3.05, 3.63) is 68.7 Å². The topological polar surface area (TPSA) is 41.5 Å². The molecule has 108 valence electrons. The van der Waals surface area contributed by atoms with Crippen LogP contribution in [0.15, 0.2) is 52.0 Å². The van der Waals surface area contributed by atoms with E-state index in [1.807, 2.05) is 32.0 Å². The molecular weight excluding hydrogens is 352 g/mol. The minimum Gasteiger partial charge on any atom is -0.267 e. The van der Waals surface area contributed by atoms with Crippen LogP contribution in [0.2, 0.25) is 5.02 Å². The number of nitrogens with zero attached hydrogens (tertiary/aromatic N) is 1. The van der Waals surface area contributed by atoms with Crippen molar-refractivity contribution in [1.82, 2.24) is 5.43 Å². The van der Waals surface area contributed by atoms with Crippen molar-refractivity contribution in [3.8, 4) is 0 Å². The zero-order valence-electron chi connectivity index (χ0n) is 11.7. The Morgan fingerprint density at radius 3 is 2.38 bits per heavy atom. The van der Waals surface area contributed by atoms with E-state index in [-0.39, 0.29) is 5.91 Å². The van der Waals surface area contributed by atoms with E-state index < -0.39 is 0 Å². The number of amides is 1. The summed E-state index contributed by atoms with van der Waals surface area (Å²) >= 11 is 9.25. The number of benzene rings is 2. The van der Waals surface area contributed by atoms with Gasteiger partial charge in [-0.1, -0.05) is 45.7 Å². The van der Waals surface area contributed by atoms with Gasteiger partial charge >= 0.3 is 0 Å². The van der Waals surface area contributed by atoms with Crippen LogP contribution in [0.3, 0.4) is 0 Å². The lowest BCUT2D eigenvalue weighted by Crippen LogP contribution is -2.19. The SMILES string of the molecule is CC(=NNC(=O)c1ccc(C)c(Br)c1)c1ccc(Cl)cc1. The summed E-state index contributed by atoms with van der Waals surface area (Å²) in [5.41, 5.74) is 5.81. The Morgan fingerprint density at radius 1 is 1.14 bits per heavy atom. The van der Waals surface area contributed by atoms with Crippen LogP contribution in [0.1, 0.15) is 28.4 Å². The molecule has 0 aliphatic heterocycles. The van der Waals surface area contributed by atoms with Crippen LogP contribution in [-0.2, 0) is 0 Å². The molecule has 0 aliphatic carbocycles. The molecule has 0 bridgehead atoms. The highest BCUT2D eigenvalue weighted by atomic mass is 79.9. The summed E-state index contributed by atoms with van der Waals surface area (Å²) in [6.07, 6.45) is 0. The highest BCUT2D eigenvalue weighted by Gasteiger charge is 2.06. The Balaban J connectivity index is 2.10. The largest absolute Gasteiger partial charge is 0.271 e. The molecule has 0 aromatic heterocycles. The second-order valence-electron chi connectivity index (χ2n) is 4.61. The smallest absolute Gasteiger partial charge is 0.267 e. The predicted octanol–water partition coefficient (Wildman–Crippen LogP) is 4.56. The highest BCUT2D eigenvalue weighted by Crippen LogP contribution is 2.17. The van der Waals surface area contributed by atoms with Crippen LogP contribution in [0.4, 0.5) is 0 Å². The molecule has 0 unspecified atom stereocenters. The van der Waals surface area contributed by atoms with Crippen LogP contribution in [0.5, 0.6) is 0 Å². The molecule has 0 atom stereocenters. The Kier molecular flexibility index (Phi) is 5.15. The first-order valence-corrected chi connectivity index (χ1v) is 7.51. The van der Waals surface area contributed by atoms with Crippen molar-refractivity contribution in [2.24, 2.45) is 5.10 Å². The summed E-state index contributed by atoms with van der Waals surface area (Å²) in [5, 5.41) is 4.78. The van der Waals surface area contributed by atoms with Gasteiger partial charge in [0, 0.05) is 15.1 Å². The first-order chi connectivity index (χ1) is 9.97. The monoisotopic (exact) mass is 364 g/mol. The van der Waals surface area contributed by atoms with Crippen LogP contribution in [-0.4, -0.2) is 11.6 Å². The third-order valence-electron chi connectivity index (χ3n) is 3.02. The molecular formula is C16H14BrClN2O. The quantitative estimate of drug-likeness (QED) is 0.628. The van der Waals surface area contributed by atoms with Gasteiger partial charge in [-0.3, -0.25) is 4.79 Å². The Labute approximate surface area is 137 Å². The molecule has 0 aliphatic rings. The Morgan fingerprint density at radius 2 is 1.76 bits per heavy atom. The maximum atomic E-state index is 12.0. The van der Waals surface area contributed by atoms with Gasteiger partial charge in [0.25, 0.3) is 5.91 Å². The van der Waals surface area contributed by atoms with Crippen LogP contribution in [0, 0.1) is 6.92 Å². The normalized spacial score (nSPS) is 11.3. The van der Waals surface area contributed by atoms with E-state index >= 15 is 0 Å². The zero-order chi connectivity index (χ0) is 15.4. The van der Waals surface area contributed by atoms with E-state index in [0.29, 0.717) is 16.3 Å². The van der Waals surface area contributed by atoms with Crippen LogP contribution >= 0.6 is 27.5 Å². The Hall–Kier alpha value is -1.65.